The second kappa shape index (κ2) is 5.92. The number of nitrogens with two attached hydrogens (primary N) is 1. The number of hydrogen-bond donors (Lipinski definition) is 2. The highest BCUT2D eigenvalue weighted by atomic mass is 32.1. The van der Waals surface area contributed by atoms with Crippen molar-refractivity contribution in [1.29, 1.82) is 0 Å². The first-order chi connectivity index (χ1) is 10.6. The van der Waals surface area contributed by atoms with E-state index in [4.69, 9.17) is 22.4 Å². The number of nitrogens with zero attached hydrogens (tertiary/aromatic N) is 2. The highest BCUT2D eigenvalue weighted by Crippen LogP contribution is 2.34. The molecule has 116 valence electrons. The molecule has 1 amide bonds. The quantitative estimate of drug-likeness (QED) is 0.826. The van der Waals surface area contributed by atoms with E-state index in [1.54, 1.807) is 29.6 Å². The number of carbonyl (C=O) groups excluding carboxylic acids is 1. The first kappa shape index (κ1) is 14.8. The van der Waals surface area contributed by atoms with Gasteiger partial charge in [-0.15, -0.1) is 0 Å². The molecule has 2 aromatic rings. The molecule has 2 aromatic heterocycles. The van der Waals surface area contributed by atoms with Gasteiger partial charge in [0, 0.05) is 11.6 Å². The Bertz CT molecular complexity index is 676. The van der Waals surface area contributed by atoms with Gasteiger partial charge < -0.3 is 15.1 Å². The SMILES string of the molecule is Cc1cc(C(=O)N(C2CCC2)C(C(N)=S)c2ccoc2)[nH]n1. The van der Waals surface area contributed by atoms with Crippen LogP contribution >= 0.6 is 12.2 Å². The summed E-state index contributed by atoms with van der Waals surface area (Å²) in [4.78, 5) is 15.0. The third kappa shape index (κ3) is 2.64. The molecule has 22 heavy (non-hydrogen) atoms. The molecular weight excluding hydrogens is 300 g/mol. The normalized spacial score (nSPS) is 16.0. The highest BCUT2D eigenvalue weighted by molar-refractivity contribution is 7.80. The Hall–Kier alpha value is -2.15. The second-order valence-electron chi connectivity index (χ2n) is 5.58. The molecular formula is C15H18N4O2S. The molecule has 0 aliphatic heterocycles. The predicted octanol–water partition coefficient (Wildman–Crippen LogP) is 2.33. The Morgan fingerprint density at radius 3 is 2.82 bits per heavy atom. The Labute approximate surface area is 133 Å². The summed E-state index contributed by atoms with van der Waals surface area (Å²) in [6, 6.07) is 3.20. The van der Waals surface area contributed by atoms with E-state index in [0.717, 1.165) is 30.5 Å². The lowest BCUT2D eigenvalue weighted by atomic mass is 9.89. The number of amides is 1. The molecule has 1 aliphatic carbocycles. The van der Waals surface area contributed by atoms with Gasteiger partial charge in [-0.2, -0.15) is 5.10 Å². The van der Waals surface area contributed by atoms with Gasteiger partial charge in [0.1, 0.15) is 16.7 Å². The molecule has 2 heterocycles. The van der Waals surface area contributed by atoms with Gasteiger partial charge in [0.2, 0.25) is 0 Å². The summed E-state index contributed by atoms with van der Waals surface area (Å²) in [5, 5.41) is 6.81. The fourth-order valence-electron chi connectivity index (χ4n) is 2.72. The molecule has 0 spiro atoms. The van der Waals surface area contributed by atoms with Crippen molar-refractivity contribution in [3.05, 3.63) is 41.6 Å². The minimum absolute atomic E-state index is 0.135. The van der Waals surface area contributed by atoms with Crippen LogP contribution in [0.4, 0.5) is 0 Å². The van der Waals surface area contributed by atoms with Gasteiger partial charge in [0.25, 0.3) is 5.91 Å². The monoisotopic (exact) mass is 318 g/mol. The molecule has 0 radical (unpaired) electrons. The zero-order chi connectivity index (χ0) is 15.7. The minimum Gasteiger partial charge on any atom is -0.472 e. The van der Waals surface area contributed by atoms with Gasteiger partial charge in [0.15, 0.2) is 0 Å². The van der Waals surface area contributed by atoms with Crippen molar-refractivity contribution < 1.29 is 9.21 Å². The van der Waals surface area contributed by atoms with Crippen molar-refractivity contribution in [2.24, 2.45) is 5.73 Å². The van der Waals surface area contributed by atoms with E-state index in [1.165, 1.54) is 0 Å². The van der Waals surface area contributed by atoms with Crippen molar-refractivity contribution in [2.45, 2.75) is 38.3 Å². The zero-order valence-electron chi connectivity index (χ0n) is 12.3. The van der Waals surface area contributed by atoms with Gasteiger partial charge in [-0.1, -0.05) is 12.2 Å². The lowest BCUT2D eigenvalue weighted by molar-refractivity contribution is 0.0516. The fourth-order valence-corrected chi connectivity index (χ4v) is 2.97. The largest absolute Gasteiger partial charge is 0.472 e. The predicted molar refractivity (Wildman–Crippen MR) is 85.4 cm³/mol. The van der Waals surface area contributed by atoms with E-state index >= 15 is 0 Å². The molecule has 3 N–H and O–H groups in total. The molecule has 6 nitrogen and oxygen atoms in total. The van der Waals surface area contributed by atoms with Crippen LogP contribution in [0.25, 0.3) is 0 Å². The number of thiocarbonyl (C=S) groups is 1. The van der Waals surface area contributed by atoms with Gasteiger partial charge in [-0.3, -0.25) is 9.89 Å². The fraction of sp³-hybridized carbons (Fsp3) is 0.400. The minimum atomic E-state index is -0.463. The van der Waals surface area contributed by atoms with E-state index in [-0.39, 0.29) is 16.9 Å². The number of aryl methyl sites for hydroxylation is 1. The highest BCUT2D eigenvalue weighted by Gasteiger charge is 2.37. The number of carbonyl (C=O) groups is 1. The number of nitrogens with one attached hydrogen (secondary N) is 1. The number of hydrogen-bond acceptors (Lipinski definition) is 4. The van der Waals surface area contributed by atoms with Crippen LogP contribution in [0, 0.1) is 6.92 Å². The third-order valence-electron chi connectivity index (χ3n) is 4.05. The number of rotatable bonds is 5. The summed E-state index contributed by atoms with van der Waals surface area (Å²) in [7, 11) is 0. The molecule has 1 aliphatic rings. The van der Waals surface area contributed by atoms with Crippen LogP contribution in [-0.4, -0.2) is 32.0 Å². The van der Waals surface area contributed by atoms with E-state index in [1.807, 2.05) is 6.92 Å². The maximum Gasteiger partial charge on any atom is 0.272 e. The van der Waals surface area contributed by atoms with Crippen LogP contribution in [0.5, 0.6) is 0 Å². The summed E-state index contributed by atoms with van der Waals surface area (Å²) < 4.78 is 5.14. The first-order valence-corrected chi connectivity index (χ1v) is 7.65. The molecule has 1 unspecified atom stereocenters. The van der Waals surface area contributed by atoms with Crippen LogP contribution < -0.4 is 5.73 Å². The molecule has 0 bridgehead atoms. The van der Waals surface area contributed by atoms with Gasteiger partial charge in [-0.05, 0) is 38.3 Å². The number of aromatic amines is 1. The number of furan rings is 1. The van der Waals surface area contributed by atoms with E-state index in [0.29, 0.717) is 5.69 Å². The molecule has 0 aromatic carbocycles. The molecule has 1 atom stereocenters. The molecule has 1 saturated carbocycles. The lowest BCUT2D eigenvalue weighted by Gasteiger charge is -2.41. The maximum absolute atomic E-state index is 12.9. The first-order valence-electron chi connectivity index (χ1n) is 7.24. The number of aromatic nitrogens is 2. The Morgan fingerprint density at radius 1 is 1.59 bits per heavy atom. The Morgan fingerprint density at radius 2 is 2.36 bits per heavy atom. The summed E-state index contributed by atoms with van der Waals surface area (Å²) in [6.45, 7) is 1.84. The number of H-pyrrole nitrogens is 1. The molecule has 3 rings (SSSR count). The molecule has 7 heteroatoms. The van der Waals surface area contributed by atoms with E-state index in [2.05, 4.69) is 10.2 Å². The zero-order valence-corrected chi connectivity index (χ0v) is 13.1. The van der Waals surface area contributed by atoms with Crippen molar-refractivity contribution in [1.82, 2.24) is 15.1 Å². The van der Waals surface area contributed by atoms with Crippen molar-refractivity contribution in [2.75, 3.05) is 0 Å². The van der Waals surface area contributed by atoms with Crippen molar-refractivity contribution in [3.8, 4) is 0 Å². The van der Waals surface area contributed by atoms with Crippen molar-refractivity contribution in [3.63, 3.8) is 0 Å². The maximum atomic E-state index is 12.9. The Balaban J connectivity index is 1.98. The van der Waals surface area contributed by atoms with E-state index in [9.17, 15) is 4.79 Å². The van der Waals surface area contributed by atoms with Crippen LogP contribution in [-0.2, 0) is 0 Å². The van der Waals surface area contributed by atoms with Crippen LogP contribution in [0.2, 0.25) is 0 Å². The van der Waals surface area contributed by atoms with Crippen LogP contribution in [0.15, 0.2) is 29.1 Å². The third-order valence-corrected chi connectivity index (χ3v) is 4.27. The topological polar surface area (TPSA) is 88.1 Å². The van der Waals surface area contributed by atoms with Crippen molar-refractivity contribution >= 4 is 23.1 Å². The second-order valence-corrected chi connectivity index (χ2v) is 6.05. The standard InChI is InChI=1S/C15H18N4O2S/c1-9-7-12(18-17-9)15(20)19(11-3-2-4-11)13(14(16)22)10-5-6-21-8-10/h5-8,11,13H,2-4H2,1H3,(H2,16,22)(H,17,18). The van der Waals surface area contributed by atoms with Gasteiger partial charge in [0.05, 0.1) is 18.2 Å². The summed E-state index contributed by atoms with van der Waals surface area (Å²) in [5.41, 5.74) is 7.96. The van der Waals surface area contributed by atoms with E-state index < -0.39 is 6.04 Å². The molecule has 1 fully saturated rings. The lowest BCUT2D eigenvalue weighted by Crippen LogP contribution is -2.49. The van der Waals surface area contributed by atoms with Crippen LogP contribution in [0.3, 0.4) is 0 Å². The smallest absolute Gasteiger partial charge is 0.272 e. The average Bonchev–Trinajstić information content (AvgIpc) is 3.06. The van der Waals surface area contributed by atoms with Gasteiger partial charge >= 0.3 is 0 Å². The Kier molecular flexibility index (Phi) is 3.98. The van der Waals surface area contributed by atoms with Gasteiger partial charge in [-0.25, -0.2) is 0 Å². The average molecular weight is 318 g/mol. The summed E-state index contributed by atoms with van der Waals surface area (Å²) >= 11 is 5.22. The molecule has 0 saturated heterocycles. The van der Waals surface area contributed by atoms with Crippen LogP contribution in [0.1, 0.15) is 47.1 Å². The summed E-state index contributed by atoms with van der Waals surface area (Å²) in [6.07, 6.45) is 6.16. The summed E-state index contributed by atoms with van der Waals surface area (Å²) in [5.74, 6) is -0.135.